The number of hydrogen-bond acceptors (Lipinski definition) is 3. The van der Waals surface area contributed by atoms with Crippen LogP contribution in [0.4, 0.5) is 0 Å². The maximum Gasteiger partial charge on any atom is 0.0235 e. The highest BCUT2D eigenvalue weighted by Crippen LogP contribution is 2.40. The molecule has 3 rings (SSSR count). The molecule has 0 bridgehead atoms. The second-order valence-electron chi connectivity index (χ2n) is 8.15. The van der Waals surface area contributed by atoms with E-state index >= 15 is 0 Å². The fourth-order valence-corrected chi connectivity index (χ4v) is 5.34. The van der Waals surface area contributed by atoms with Crippen LogP contribution in [0.5, 0.6) is 0 Å². The predicted molar refractivity (Wildman–Crippen MR) is 89.6 cm³/mol. The molecule has 2 aliphatic heterocycles. The van der Waals surface area contributed by atoms with E-state index in [1.807, 2.05) is 0 Å². The van der Waals surface area contributed by atoms with E-state index in [9.17, 15) is 0 Å². The van der Waals surface area contributed by atoms with Crippen LogP contribution in [-0.2, 0) is 0 Å². The van der Waals surface area contributed by atoms with Gasteiger partial charge < -0.3 is 10.2 Å². The predicted octanol–water partition coefficient (Wildman–Crippen LogP) is 2.57. The number of likely N-dealkylation sites (tertiary alicyclic amines) is 2. The van der Waals surface area contributed by atoms with Crippen LogP contribution in [0.2, 0.25) is 0 Å². The molecule has 1 N–H and O–H groups in total. The third-order valence-electron chi connectivity index (χ3n) is 6.20. The van der Waals surface area contributed by atoms with Crippen molar-refractivity contribution in [3.63, 3.8) is 0 Å². The van der Waals surface area contributed by atoms with Crippen molar-refractivity contribution in [1.82, 2.24) is 15.1 Å². The molecule has 0 aromatic heterocycles. The molecule has 3 aliphatic rings. The van der Waals surface area contributed by atoms with Gasteiger partial charge in [-0.3, -0.25) is 4.90 Å². The monoisotopic (exact) mass is 293 g/mol. The lowest BCUT2D eigenvalue weighted by Crippen LogP contribution is -2.46. The zero-order chi connectivity index (χ0) is 14.7. The molecular weight excluding hydrogens is 258 g/mol. The summed E-state index contributed by atoms with van der Waals surface area (Å²) >= 11 is 0. The first-order chi connectivity index (χ1) is 10.2. The third kappa shape index (κ3) is 3.80. The summed E-state index contributed by atoms with van der Waals surface area (Å²) in [5.74, 6) is 0.920. The van der Waals surface area contributed by atoms with Gasteiger partial charge in [-0.1, -0.05) is 19.8 Å². The van der Waals surface area contributed by atoms with Crippen LogP contribution in [0.1, 0.15) is 51.9 Å². The number of nitrogens with zero attached hydrogens (tertiary/aromatic N) is 2. The van der Waals surface area contributed by atoms with Crippen molar-refractivity contribution in [3.8, 4) is 0 Å². The van der Waals surface area contributed by atoms with Crippen molar-refractivity contribution in [2.45, 2.75) is 57.9 Å². The van der Waals surface area contributed by atoms with Gasteiger partial charge in [-0.05, 0) is 70.1 Å². The number of nitrogens with one attached hydrogen (secondary N) is 1. The summed E-state index contributed by atoms with van der Waals surface area (Å²) in [5.41, 5.74) is 0.548. The lowest BCUT2D eigenvalue weighted by molar-refractivity contribution is 0.0890. The Morgan fingerprint density at radius 1 is 1.10 bits per heavy atom. The summed E-state index contributed by atoms with van der Waals surface area (Å²) in [6.07, 6.45) is 10.0. The summed E-state index contributed by atoms with van der Waals surface area (Å²) in [5, 5.41) is 3.50. The van der Waals surface area contributed by atoms with Crippen LogP contribution < -0.4 is 5.32 Å². The Morgan fingerprint density at radius 2 is 1.90 bits per heavy atom. The van der Waals surface area contributed by atoms with Gasteiger partial charge in [-0.15, -0.1) is 0 Å². The van der Waals surface area contributed by atoms with Gasteiger partial charge in [0.1, 0.15) is 0 Å². The fourth-order valence-electron chi connectivity index (χ4n) is 5.34. The second kappa shape index (κ2) is 6.97. The first-order valence-electron chi connectivity index (χ1n) is 9.32. The molecule has 0 aromatic carbocycles. The molecule has 0 radical (unpaired) electrons. The minimum absolute atomic E-state index is 0.548. The smallest absolute Gasteiger partial charge is 0.0235 e. The average Bonchev–Trinajstić information content (AvgIpc) is 3.09. The minimum atomic E-state index is 0.548. The first-order valence-corrected chi connectivity index (χ1v) is 9.32. The molecule has 2 heterocycles. The van der Waals surface area contributed by atoms with Crippen LogP contribution in [0, 0.1) is 11.3 Å². The van der Waals surface area contributed by atoms with E-state index in [0.717, 1.165) is 12.0 Å². The Balaban J connectivity index is 1.56. The molecule has 3 heteroatoms. The molecule has 1 saturated carbocycles. The molecule has 0 amide bonds. The Morgan fingerprint density at radius 3 is 2.62 bits per heavy atom. The Labute approximate surface area is 131 Å². The molecule has 2 saturated heterocycles. The van der Waals surface area contributed by atoms with E-state index in [1.165, 1.54) is 84.2 Å². The van der Waals surface area contributed by atoms with Crippen LogP contribution in [0.25, 0.3) is 0 Å². The Hall–Kier alpha value is -0.120. The molecule has 122 valence electrons. The largest absolute Gasteiger partial charge is 0.319 e. The number of hydrogen-bond donors (Lipinski definition) is 1. The molecular formula is C18H35N3. The van der Waals surface area contributed by atoms with Gasteiger partial charge in [0, 0.05) is 25.7 Å². The third-order valence-corrected chi connectivity index (χ3v) is 6.20. The molecule has 3 nitrogen and oxygen atoms in total. The summed E-state index contributed by atoms with van der Waals surface area (Å²) in [6.45, 7) is 10.4. The first kappa shape index (κ1) is 15.8. The topological polar surface area (TPSA) is 18.5 Å². The van der Waals surface area contributed by atoms with Gasteiger partial charge in [-0.25, -0.2) is 0 Å². The minimum Gasteiger partial charge on any atom is -0.319 e. The second-order valence-corrected chi connectivity index (χ2v) is 8.15. The van der Waals surface area contributed by atoms with Crippen molar-refractivity contribution in [1.29, 1.82) is 0 Å². The molecule has 1 aliphatic carbocycles. The summed E-state index contributed by atoms with van der Waals surface area (Å²) < 4.78 is 0. The van der Waals surface area contributed by atoms with E-state index in [2.05, 4.69) is 29.1 Å². The van der Waals surface area contributed by atoms with Gasteiger partial charge in [0.2, 0.25) is 0 Å². The van der Waals surface area contributed by atoms with E-state index in [1.54, 1.807) is 0 Å². The lowest BCUT2D eigenvalue weighted by Gasteiger charge is -2.42. The van der Waals surface area contributed by atoms with Gasteiger partial charge in [0.15, 0.2) is 0 Å². The SMILES string of the molecule is CNCC1(CN2CCC(N3CCCC3)C2)CCCC(C)C1. The van der Waals surface area contributed by atoms with Crippen molar-refractivity contribution in [2.75, 3.05) is 46.3 Å². The highest BCUT2D eigenvalue weighted by Gasteiger charge is 2.38. The van der Waals surface area contributed by atoms with E-state index in [-0.39, 0.29) is 0 Å². The maximum atomic E-state index is 3.50. The zero-order valence-electron chi connectivity index (χ0n) is 14.2. The Kier molecular flexibility index (Phi) is 5.23. The van der Waals surface area contributed by atoms with Crippen LogP contribution >= 0.6 is 0 Å². The van der Waals surface area contributed by atoms with Gasteiger partial charge in [0.05, 0.1) is 0 Å². The molecule has 3 atom stereocenters. The van der Waals surface area contributed by atoms with Crippen LogP contribution in [0.3, 0.4) is 0 Å². The van der Waals surface area contributed by atoms with E-state index in [0.29, 0.717) is 5.41 Å². The summed E-state index contributed by atoms with van der Waals surface area (Å²) in [6, 6.07) is 0.861. The maximum absolute atomic E-state index is 3.50. The van der Waals surface area contributed by atoms with E-state index in [4.69, 9.17) is 0 Å². The fraction of sp³-hybridized carbons (Fsp3) is 1.00. The highest BCUT2D eigenvalue weighted by molar-refractivity contribution is 4.93. The quantitative estimate of drug-likeness (QED) is 0.840. The van der Waals surface area contributed by atoms with Crippen LogP contribution in [-0.4, -0.2) is 62.2 Å². The molecule has 3 fully saturated rings. The lowest BCUT2D eigenvalue weighted by atomic mass is 9.69. The summed E-state index contributed by atoms with van der Waals surface area (Å²) in [4.78, 5) is 5.55. The Bertz CT molecular complexity index is 322. The zero-order valence-corrected chi connectivity index (χ0v) is 14.2. The molecule has 21 heavy (non-hydrogen) atoms. The normalized spacial score (nSPS) is 39.1. The number of rotatable bonds is 5. The van der Waals surface area contributed by atoms with Gasteiger partial charge in [-0.2, -0.15) is 0 Å². The van der Waals surface area contributed by atoms with Gasteiger partial charge >= 0.3 is 0 Å². The molecule has 0 spiro atoms. The van der Waals surface area contributed by atoms with E-state index < -0.39 is 0 Å². The van der Waals surface area contributed by atoms with Crippen molar-refractivity contribution < 1.29 is 0 Å². The van der Waals surface area contributed by atoms with Crippen LogP contribution in [0.15, 0.2) is 0 Å². The molecule has 3 unspecified atom stereocenters. The standard InChI is InChI=1S/C18H35N3/c1-16-6-5-8-18(12-16,14-19-2)15-20-11-7-17(13-20)21-9-3-4-10-21/h16-17,19H,3-15H2,1-2H3. The highest BCUT2D eigenvalue weighted by atomic mass is 15.3. The van der Waals surface area contributed by atoms with Crippen molar-refractivity contribution in [3.05, 3.63) is 0 Å². The molecule has 0 aromatic rings. The van der Waals surface area contributed by atoms with Gasteiger partial charge in [0.25, 0.3) is 0 Å². The summed E-state index contributed by atoms with van der Waals surface area (Å²) in [7, 11) is 2.14. The van der Waals surface area contributed by atoms with Crippen molar-refractivity contribution in [2.24, 2.45) is 11.3 Å². The average molecular weight is 293 g/mol. The van der Waals surface area contributed by atoms with Crippen molar-refractivity contribution >= 4 is 0 Å².